The fourth-order valence-corrected chi connectivity index (χ4v) is 1.81. The Hall–Kier alpha value is -0.120. The molecule has 1 atom stereocenters. The highest BCUT2D eigenvalue weighted by Crippen LogP contribution is 2.19. The van der Waals surface area contributed by atoms with E-state index in [4.69, 9.17) is 4.84 Å². The Balaban J connectivity index is 2.24. The predicted molar refractivity (Wildman–Crippen MR) is 49.8 cm³/mol. The summed E-state index contributed by atoms with van der Waals surface area (Å²) < 4.78 is 0. The molecule has 0 saturated carbocycles. The van der Waals surface area contributed by atoms with Crippen molar-refractivity contribution in [1.82, 2.24) is 10.4 Å². The van der Waals surface area contributed by atoms with E-state index in [-0.39, 0.29) is 0 Å². The first-order chi connectivity index (χ1) is 5.74. The second-order valence-corrected chi connectivity index (χ2v) is 3.75. The van der Waals surface area contributed by atoms with Gasteiger partial charge in [-0.3, -0.25) is 0 Å². The van der Waals surface area contributed by atoms with Gasteiger partial charge in [0.05, 0.1) is 7.11 Å². The van der Waals surface area contributed by atoms with Crippen molar-refractivity contribution >= 4 is 0 Å². The van der Waals surface area contributed by atoms with Gasteiger partial charge in [-0.15, -0.1) is 0 Å². The van der Waals surface area contributed by atoms with E-state index in [1.807, 2.05) is 0 Å². The van der Waals surface area contributed by atoms with E-state index < -0.39 is 0 Å². The van der Waals surface area contributed by atoms with E-state index in [1.54, 1.807) is 7.11 Å². The van der Waals surface area contributed by atoms with Gasteiger partial charge in [0, 0.05) is 6.04 Å². The number of piperidine rings is 1. The molecule has 1 saturated heterocycles. The summed E-state index contributed by atoms with van der Waals surface area (Å²) in [7, 11) is 3.87. The molecular weight excluding hydrogens is 152 g/mol. The molecule has 0 bridgehead atoms. The Morgan fingerprint density at radius 3 is 2.50 bits per heavy atom. The molecule has 3 nitrogen and oxygen atoms in total. The van der Waals surface area contributed by atoms with Crippen LogP contribution < -0.4 is 5.48 Å². The van der Waals surface area contributed by atoms with Crippen molar-refractivity contribution in [3.8, 4) is 0 Å². The van der Waals surface area contributed by atoms with E-state index in [1.165, 1.54) is 25.9 Å². The van der Waals surface area contributed by atoms with Gasteiger partial charge in [0.2, 0.25) is 0 Å². The fraction of sp³-hybridized carbons (Fsp3) is 1.00. The summed E-state index contributed by atoms with van der Waals surface area (Å²) in [5.74, 6) is 0.779. The van der Waals surface area contributed by atoms with E-state index in [0.717, 1.165) is 5.92 Å². The van der Waals surface area contributed by atoms with Crippen LogP contribution in [0.1, 0.15) is 19.8 Å². The van der Waals surface area contributed by atoms with Gasteiger partial charge in [-0.2, -0.15) is 5.48 Å². The van der Waals surface area contributed by atoms with Crippen LogP contribution in [-0.4, -0.2) is 38.2 Å². The molecule has 1 aliphatic rings. The standard InChI is InChI=1S/C9H20N2O/c1-8(10-12-3)9-4-6-11(2)7-5-9/h8-10H,4-7H2,1-3H3. The lowest BCUT2D eigenvalue weighted by Crippen LogP contribution is -2.40. The molecule has 1 fully saturated rings. The molecule has 0 aromatic carbocycles. The molecule has 0 spiro atoms. The van der Waals surface area contributed by atoms with Gasteiger partial charge in [0.1, 0.15) is 0 Å². The molecule has 0 aromatic heterocycles. The lowest BCUT2D eigenvalue weighted by atomic mass is 9.91. The minimum Gasteiger partial charge on any atom is -0.306 e. The van der Waals surface area contributed by atoms with Crippen molar-refractivity contribution < 1.29 is 4.84 Å². The van der Waals surface area contributed by atoms with Gasteiger partial charge in [-0.25, -0.2) is 0 Å². The molecule has 1 aliphatic heterocycles. The first-order valence-electron chi connectivity index (χ1n) is 4.71. The second kappa shape index (κ2) is 4.80. The van der Waals surface area contributed by atoms with Crippen LogP contribution in [0.2, 0.25) is 0 Å². The molecule has 1 rings (SSSR count). The van der Waals surface area contributed by atoms with Crippen molar-refractivity contribution in [3.63, 3.8) is 0 Å². The maximum atomic E-state index is 4.92. The zero-order valence-corrected chi connectivity index (χ0v) is 8.34. The normalized spacial score (nSPS) is 24.2. The summed E-state index contributed by atoms with van der Waals surface area (Å²) in [5.41, 5.74) is 3.01. The molecule has 72 valence electrons. The molecule has 0 aliphatic carbocycles. The van der Waals surface area contributed by atoms with Crippen LogP contribution in [0.15, 0.2) is 0 Å². The Bertz CT molecular complexity index is 122. The van der Waals surface area contributed by atoms with Crippen LogP contribution in [0.25, 0.3) is 0 Å². The zero-order valence-electron chi connectivity index (χ0n) is 8.34. The molecular formula is C9H20N2O. The smallest absolute Gasteiger partial charge is 0.0572 e. The van der Waals surface area contributed by atoms with Gasteiger partial charge in [0.25, 0.3) is 0 Å². The SMILES string of the molecule is CONC(C)C1CCN(C)CC1. The minimum atomic E-state index is 0.490. The summed E-state index contributed by atoms with van der Waals surface area (Å²) in [6.07, 6.45) is 2.57. The summed E-state index contributed by atoms with van der Waals surface area (Å²) in [6.45, 7) is 4.64. The first kappa shape index (κ1) is 9.96. The summed E-state index contributed by atoms with van der Waals surface area (Å²) in [5, 5.41) is 0. The lowest BCUT2D eigenvalue weighted by molar-refractivity contribution is 0.0348. The Kier molecular flexibility index (Phi) is 3.98. The Morgan fingerprint density at radius 2 is 2.00 bits per heavy atom. The molecule has 0 amide bonds. The number of hydrogen-bond donors (Lipinski definition) is 1. The van der Waals surface area contributed by atoms with Gasteiger partial charge < -0.3 is 9.74 Å². The highest BCUT2D eigenvalue weighted by Gasteiger charge is 2.21. The van der Waals surface area contributed by atoms with Crippen molar-refractivity contribution in [2.75, 3.05) is 27.2 Å². The number of rotatable bonds is 3. The summed E-state index contributed by atoms with van der Waals surface area (Å²) in [6, 6.07) is 0.490. The summed E-state index contributed by atoms with van der Waals surface area (Å²) in [4.78, 5) is 7.31. The van der Waals surface area contributed by atoms with E-state index in [0.29, 0.717) is 6.04 Å². The third-order valence-electron chi connectivity index (χ3n) is 2.77. The molecule has 1 unspecified atom stereocenters. The van der Waals surface area contributed by atoms with Gasteiger partial charge in [0.15, 0.2) is 0 Å². The molecule has 0 aromatic rings. The van der Waals surface area contributed by atoms with Gasteiger partial charge >= 0.3 is 0 Å². The highest BCUT2D eigenvalue weighted by molar-refractivity contribution is 4.76. The molecule has 0 radical (unpaired) electrons. The van der Waals surface area contributed by atoms with E-state index >= 15 is 0 Å². The quantitative estimate of drug-likeness (QED) is 0.639. The zero-order chi connectivity index (χ0) is 8.97. The van der Waals surface area contributed by atoms with Crippen LogP contribution in [0, 0.1) is 5.92 Å². The number of nitrogens with one attached hydrogen (secondary N) is 1. The Morgan fingerprint density at radius 1 is 1.42 bits per heavy atom. The van der Waals surface area contributed by atoms with Crippen molar-refractivity contribution in [3.05, 3.63) is 0 Å². The van der Waals surface area contributed by atoms with Crippen LogP contribution in [0.5, 0.6) is 0 Å². The average Bonchev–Trinajstić information content (AvgIpc) is 2.06. The number of likely N-dealkylation sites (tertiary alicyclic amines) is 1. The molecule has 12 heavy (non-hydrogen) atoms. The van der Waals surface area contributed by atoms with Crippen LogP contribution in [0.4, 0.5) is 0 Å². The maximum absolute atomic E-state index is 4.92. The summed E-state index contributed by atoms with van der Waals surface area (Å²) >= 11 is 0. The second-order valence-electron chi connectivity index (χ2n) is 3.75. The first-order valence-corrected chi connectivity index (χ1v) is 4.71. The maximum Gasteiger partial charge on any atom is 0.0572 e. The predicted octanol–water partition coefficient (Wildman–Crippen LogP) is 0.868. The third-order valence-corrected chi connectivity index (χ3v) is 2.77. The van der Waals surface area contributed by atoms with Crippen molar-refractivity contribution in [2.45, 2.75) is 25.8 Å². The van der Waals surface area contributed by atoms with Crippen LogP contribution >= 0.6 is 0 Å². The van der Waals surface area contributed by atoms with Crippen LogP contribution in [-0.2, 0) is 4.84 Å². The average molecular weight is 172 g/mol. The largest absolute Gasteiger partial charge is 0.306 e. The van der Waals surface area contributed by atoms with Gasteiger partial charge in [-0.05, 0) is 45.8 Å². The molecule has 3 heteroatoms. The van der Waals surface area contributed by atoms with E-state index in [9.17, 15) is 0 Å². The highest BCUT2D eigenvalue weighted by atomic mass is 16.6. The third kappa shape index (κ3) is 2.73. The molecule has 1 N–H and O–H groups in total. The number of hydroxylamine groups is 1. The topological polar surface area (TPSA) is 24.5 Å². The van der Waals surface area contributed by atoms with Gasteiger partial charge in [-0.1, -0.05) is 0 Å². The molecule has 1 heterocycles. The lowest BCUT2D eigenvalue weighted by Gasteiger charge is -2.32. The minimum absolute atomic E-state index is 0.490. The monoisotopic (exact) mass is 172 g/mol. The Labute approximate surface area is 75.0 Å². The van der Waals surface area contributed by atoms with Crippen molar-refractivity contribution in [1.29, 1.82) is 0 Å². The number of hydrogen-bond acceptors (Lipinski definition) is 3. The van der Waals surface area contributed by atoms with E-state index in [2.05, 4.69) is 24.4 Å². The fourth-order valence-electron chi connectivity index (χ4n) is 1.81. The van der Waals surface area contributed by atoms with Crippen molar-refractivity contribution in [2.24, 2.45) is 5.92 Å². The number of nitrogens with zero attached hydrogens (tertiary/aromatic N) is 1. The van der Waals surface area contributed by atoms with Crippen LogP contribution in [0.3, 0.4) is 0 Å².